The molecule has 0 bridgehead atoms. The van der Waals surface area contributed by atoms with Gasteiger partial charge < -0.3 is 15.4 Å². The zero-order valence-corrected chi connectivity index (χ0v) is 12.2. The van der Waals surface area contributed by atoms with Crippen LogP contribution in [0.2, 0.25) is 0 Å². The highest BCUT2D eigenvalue weighted by Crippen LogP contribution is 2.35. The summed E-state index contributed by atoms with van der Waals surface area (Å²) in [6.07, 6.45) is 1.85. The number of carboxylic acids is 1. The molecule has 23 heavy (non-hydrogen) atoms. The van der Waals surface area contributed by atoms with Crippen molar-refractivity contribution in [3.8, 4) is 0 Å². The predicted molar refractivity (Wildman–Crippen MR) is 80.8 cm³/mol. The van der Waals surface area contributed by atoms with Crippen LogP contribution >= 0.6 is 0 Å². The van der Waals surface area contributed by atoms with Crippen molar-refractivity contribution in [3.05, 3.63) is 46.0 Å². The maximum absolute atomic E-state index is 13.3. The van der Waals surface area contributed by atoms with Gasteiger partial charge in [0.05, 0.1) is 23.0 Å². The zero-order chi connectivity index (χ0) is 16.6. The number of benzene rings is 1. The SMILES string of the molecule is O=C(O)CC1(NC(=O)c2cc(=O)[nH]c3cc(F)ccc23)CCC1. The number of fused-ring (bicyclic) bond motifs is 1. The van der Waals surface area contributed by atoms with Gasteiger partial charge in [-0.25, -0.2) is 4.39 Å². The number of carboxylic acid groups (broad SMARTS) is 1. The van der Waals surface area contributed by atoms with Crippen molar-refractivity contribution in [2.75, 3.05) is 0 Å². The molecule has 1 aliphatic carbocycles. The Balaban J connectivity index is 1.98. The second kappa shape index (κ2) is 5.49. The van der Waals surface area contributed by atoms with Crippen molar-refractivity contribution < 1.29 is 19.1 Å². The van der Waals surface area contributed by atoms with E-state index in [2.05, 4.69) is 10.3 Å². The van der Waals surface area contributed by atoms with E-state index in [0.29, 0.717) is 18.2 Å². The average molecular weight is 318 g/mol. The fraction of sp³-hybridized carbons (Fsp3) is 0.312. The van der Waals surface area contributed by atoms with Crippen LogP contribution in [0.1, 0.15) is 36.0 Å². The van der Waals surface area contributed by atoms with E-state index in [1.807, 2.05) is 0 Å². The van der Waals surface area contributed by atoms with Crippen LogP contribution in [0.5, 0.6) is 0 Å². The number of hydrogen-bond acceptors (Lipinski definition) is 3. The second-order valence-electron chi connectivity index (χ2n) is 5.90. The van der Waals surface area contributed by atoms with Gasteiger partial charge in [-0.2, -0.15) is 0 Å². The number of rotatable bonds is 4. The summed E-state index contributed by atoms with van der Waals surface area (Å²) < 4.78 is 13.3. The van der Waals surface area contributed by atoms with Crippen LogP contribution in [-0.4, -0.2) is 27.5 Å². The molecule has 1 aromatic carbocycles. The predicted octanol–water partition coefficient (Wildman–Crippen LogP) is 1.79. The maximum atomic E-state index is 13.3. The molecule has 3 rings (SSSR count). The third kappa shape index (κ3) is 2.94. The summed E-state index contributed by atoms with van der Waals surface area (Å²) in [6.45, 7) is 0. The van der Waals surface area contributed by atoms with E-state index >= 15 is 0 Å². The normalized spacial score (nSPS) is 15.9. The molecule has 1 amide bonds. The quantitative estimate of drug-likeness (QED) is 0.800. The van der Waals surface area contributed by atoms with Crippen molar-refractivity contribution in [1.82, 2.24) is 10.3 Å². The summed E-state index contributed by atoms with van der Waals surface area (Å²) in [5.41, 5.74) is -0.948. The Morgan fingerprint density at radius 1 is 1.30 bits per heavy atom. The molecule has 1 aromatic heterocycles. The molecule has 3 N–H and O–H groups in total. The fourth-order valence-electron chi connectivity index (χ4n) is 2.97. The van der Waals surface area contributed by atoms with Crippen LogP contribution in [0.4, 0.5) is 4.39 Å². The minimum atomic E-state index is -0.983. The number of aromatic nitrogens is 1. The number of amides is 1. The molecular weight excluding hydrogens is 303 g/mol. The first-order valence-corrected chi connectivity index (χ1v) is 7.25. The van der Waals surface area contributed by atoms with E-state index in [-0.39, 0.29) is 17.5 Å². The van der Waals surface area contributed by atoms with Gasteiger partial charge in [-0.15, -0.1) is 0 Å². The summed E-state index contributed by atoms with van der Waals surface area (Å²) >= 11 is 0. The Labute approximate surface area is 130 Å². The van der Waals surface area contributed by atoms with Gasteiger partial charge in [0.15, 0.2) is 0 Å². The molecule has 1 aliphatic rings. The number of carbonyl (C=O) groups is 2. The first-order valence-electron chi connectivity index (χ1n) is 7.25. The lowest BCUT2D eigenvalue weighted by Crippen LogP contribution is -2.54. The number of aromatic amines is 1. The Morgan fingerprint density at radius 2 is 2.04 bits per heavy atom. The zero-order valence-electron chi connectivity index (χ0n) is 12.2. The molecular formula is C16H15FN2O4. The largest absolute Gasteiger partial charge is 0.481 e. The third-order valence-electron chi connectivity index (χ3n) is 4.23. The highest BCUT2D eigenvalue weighted by Gasteiger charge is 2.40. The van der Waals surface area contributed by atoms with Crippen molar-refractivity contribution in [2.45, 2.75) is 31.2 Å². The minimum Gasteiger partial charge on any atom is -0.481 e. The van der Waals surface area contributed by atoms with E-state index < -0.39 is 28.8 Å². The Bertz CT molecular complexity index is 855. The lowest BCUT2D eigenvalue weighted by Gasteiger charge is -2.41. The number of halogens is 1. The van der Waals surface area contributed by atoms with Gasteiger partial charge in [-0.05, 0) is 37.5 Å². The first kappa shape index (κ1) is 15.2. The number of carbonyl (C=O) groups excluding carboxylic acids is 1. The molecule has 0 spiro atoms. The van der Waals surface area contributed by atoms with E-state index in [4.69, 9.17) is 5.11 Å². The molecule has 1 heterocycles. The molecule has 0 unspecified atom stereocenters. The lowest BCUT2D eigenvalue weighted by atomic mass is 9.74. The van der Waals surface area contributed by atoms with Gasteiger partial charge in [-0.1, -0.05) is 0 Å². The van der Waals surface area contributed by atoms with Crippen molar-refractivity contribution >= 4 is 22.8 Å². The molecule has 120 valence electrons. The topological polar surface area (TPSA) is 99.3 Å². The number of pyridine rings is 1. The van der Waals surface area contributed by atoms with Crippen molar-refractivity contribution in [3.63, 3.8) is 0 Å². The van der Waals surface area contributed by atoms with Gasteiger partial charge in [0.25, 0.3) is 5.91 Å². The monoisotopic (exact) mass is 318 g/mol. The maximum Gasteiger partial charge on any atom is 0.305 e. The fourth-order valence-corrected chi connectivity index (χ4v) is 2.97. The van der Waals surface area contributed by atoms with Gasteiger partial charge in [0.2, 0.25) is 5.56 Å². The molecule has 1 saturated carbocycles. The van der Waals surface area contributed by atoms with Crippen LogP contribution in [-0.2, 0) is 4.79 Å². The van der Waals surface area contributed by atoms with Gasteiger partial charge >= 0.3 is 5.97 Å². The van der Waals surface area contributed by atoms with Gasteiger partial charge in [-0.3, -0.25) is 14.4 Å². The van der Waals surface area contributed by atoms with Crippen LogP contribution < -0.4 is 10.9 Å². The van der Waals surface area contributed by atoms with E-state index in [9.17, 15) is 18.8 Å². The van der Waals surface area contributed by atoms with Crippen molar-refractivity contribution in [2.24, 2.45) is 0 Å². The highest BCUT2D eigenvalue weighted by molar-refractivity contribution is 6.06. The average Bonchev–Trinajstić information content (AvgIpc) is 2.42. The smallest absolute Gasteiger partial charge is 0.305 e. The Kier molecular flexibility index (Phi) is 3.63. The summed E-state index contributed by atoms with van der Waals surface area (Å²) in [6, 6.07) is 4.90. The van der Waals surface area contributed by atoms with Gasteiger partial charge in [0.1, 0.15) is 5.82 Å². The molecule has 6 nitrogen and oxygen atoms in total. The van der Waals surface area contributed by atoms with Gasteiger partial charge in [0, 0.05) is 11.5 Å². The lowest BCUT2D eigenvalue weighted by molar-refractivity contribution is -0.139. The molecule has 0 radical (unpaired) electrons. The van der Waals surface area contributed by atoms with E-state index in [1.165, 1.54) is 12.1 Å². The van der Waals surface area contributed by atoms with Crippen LogP contribution in [0.15, 0.2) is 29.1 Å². The molecule has 2 aromatic rings. The Hall–Kier alpha value is -2.70. The summed E-state index contributed by atoms with van der Waals surface area (Å²) in [4.78, 5) is 37.7. The molecule has 0 aliphatic heterocycles. The van der Waals surface area contributed by atoms with E-state index in [1.54, 1.807) is 0 Å². The number of H-pyrrole nitrogens is 1. The minimum absolute atomic E-state index is 0.111. The van der Waals surface area contributed by atoms with E-state index in [0.717, 1.165) is 18.6 Å². The third-order valence-corrected chi connectivity index (χ3v) is 4.23. The number of hydrogen-bond donors (Lipinski definition) is 3. The van der Waals surface area contributed by atoms with Crippen LogP contribution in [0.25, 0.3) is 10.9 Å². The second-order valence-corrected chi connectivity index (χ2v) is 5.90. The molecule has 0 atom stereocenters. The standard InChI is InChI=1S/C16H15FN2O4/c17-9-2-3-10-11(7-13(20)18-12(10)6-9)15(23)19-16(4-1-5-16)8-14(21)22/h2-3,6-7H,1,4-5,8H2,(H,18,20)(H,19,23)(H,21,22). The van der Waals surface area contributed by atoms with Crippen molar-refractivity contribution in [1.29, 1.82) is 0 Å². The summed E-state index contributed by atoms with van der Waals surface area (Å²) in [5, 5.41) is 12.2. The molecule has 0 saturated heterocycles. The highest BCUT2D eigenvalue weighted by atomic mass is 19.1. The number of nitrogens with one attached hydrogen (secondary N) is 2. The summed E-state index contributed by atoms with van der Waals surface area (Å²) in [5.74, 6) is -2.02. The van der Waals surface area contributed by atoms with Crippen LogP contribution in [0.3, 0.4) is 0 Å². The molecule has 1 fully saturated rings. The van der Waals surface area contributed by atoms with Crippen LogP contribution in [0, 0.1) is 5.82 Å². The molecule has 7 heteroatoms. The first-order chi connectivity index (χ1) is 10.9. The summed E-state index contributed by atoms with van der Waals surface area (Å²) in [7, 11) is 0. The number of aliphatic carboxylic acids is 1. The Morgan fingerprint density at radius 3 is 2.65 bits per heavy atom.